The molecule has 2 aromatic rings. The molecule has 1 N–H and O–H groups in total. The molecule has 2 rings (SSSR count). The normalized spacial score (nSPS) is 10.6. The van der Waals surface area contributed by atoms with Gasteiger partial charge in [-0.05, 0) is 38.1 Å². The summed E-state index contributed by atoms with van der Waals surface area (Å²) in [4.78, 5) is 18.7. The summed E-state index contributed by atoms with van der Waals surface area (Å²) in [5.41, 5.74) is 2.74. The molecule has 5 nitrogen and oxygen atoms in total. The van der Waals surface area contributed by atoms with Crippen LogP contribution < -0.4 is 10.2 Å². The summed E-state index contributed by atoms with van der Waals surface area (Å²) in [7, 11) is 1.63. The van der Waals surface area contributed by atoms with Crippen molar-refractivity contribution < 1.29 is 9.53 Å². The average molecular weight is 333 g/mol. The number of benzene rings is 1. The lowest BCUT2D eigenvalue weighted by atomic mass is 10.2. The number of carbonyl (C=O) groups excluding carboxylic acids is 1. The number of nitrogens with zero attached hydrogens (tertiary/aromatic N) is 2. The molecule has 0 fully saturated rings. The van der Waals surface area contributed by atoms with Gasteiger partial charge in [0.15, 0.2) is 0 Å². The molecule has 0 aliphatic rings. The highest BCUT2D eigenvalue weighted by atomic mass is 32.1. The SMILES string of the molecule is CCN(CC)c1ccc(NC(=O)Cc2csc(COC)n2)cc1. The topological polar surface area (TPSA) is 54.5 Å². The molecule has 0 aliphatic carbocycles. The van der Waals surface area contributed by atoms with Crippen molar-refractivity contribution in [3.05, 3.63) is 40.3 Å². The summed E-state index contributed by atoms with van der Waals surface area (Å²) in [5.74, 6) is -0.0603. The number of thiazole rings is 1. The van der Waals surface area contributed by atoms with Crippen molar-refractivity contribution in [2.75, 3.05) is 30.4 Å². The Morgan fingerprint density at radius 2 is 1.96 bits per heavy atom. The second-order valence-electron chi connectivity index (χ2n) is 5.11. The first-order valence-corrected chi connectivity index (χ1v) is 8.61. The molecule has 0 saturated carbocycles. The van der Waals surface area contributed by atoms with E-state index >= 15 is 0 Å². The molecule has 1 aromatic carbocycles. The first-order chi connectivity index (χ1) is 11.2. The Hall–Kier alpha value is -1.92. The summed E-state index contributed by atoms with van der Waals surface area (Å²) in [6.45, 7) is 6.68. The van der Waals surface area contributed by atoms with Crippen LogP contribution in [0.3, 0.4) is 0 Å². The van der Waals surface area contributed by atoms with Crippen LogP contribution in [0.15, 0.2) is 29.6 Å². The number of aromatic nitrogens is 1. The van der Waals surface area contributed by atoms with Crippen molar-refractivity contribution in [1.82, 2.24) is 4.98 Å². The standard InChI is InChI=1S/C17H23N3O2S/c1-4-20(5-2)15-8-6-13(7-9-15)18-16(21)10-14-12-23-17(19-14)11-22-3/h6-9,12H,4-5,10-11H2,1-3H3,(H,18,21). The van der Waals surface area contributed by atoms with Gasteiger partial charge in [-0.15, -0.1) is 11.3 Å². The van der Waals surface area contributed by atoms with Gasteiger partial charge in [-0.1, -0.05) is 0 Å². The van der Waals surface area contributed by atoms with Crippen molar-refractivity contribution in [3.8, 4) is 0 Å². The number of hydrogen-bond acceptors (Lipinski definition) is 5. The van der Waals surface area contributed by atoms with Crippen LogP contribution >= 0.6 is 11.3 Å². The third kappa shape index (κ3) is 5.04. The first-order valence-electron chi connectivity index (χ1n) is 7.73. The van der Waals surface area contributed by atoms with E-state index in [0.717, 1.165) is 35.2 Å². The number of methoxy groups -OCH3 is 1. The number of carbonyl (C=O) groups is 1. The Morgan fingerprint density at radius 3 is 2.57 bits per heavy atom. The summed E-state index contributed by atoms with van der Waals surface area (Å²) in [5, 5.41) is 5.70. The van der Waals surface area contributed by atoms with Crippen LogP contribution in [0.2, 0.25) is 0 Å². The van der Waals surface area contributed by atoms with E-state index in [1.807, 2.05) is 29.6 Å². The minimum atomic E-state index is -0.0603. The summed E-state index contributed by atoms with van der Waals surface area (Å²) in [6.07, 6.45) is 0.276. The first kappa shape index (κ1) is 17.4. The minimum Gasteiger partial charge on any atom is -0.378 e. The second kappa shape index (κ2) is 8.64. The zero-order valence-electron chi connectivity index (χ0n) is 13.8. The molecular formula is C17H23N3O2S. The number of rotatable bonds is 8. The smallest absolute Gasteiger partial charge is 0.230 e. The monoisotopic (exact) mass is 333 g/mol. The molecular weight excluding hydrogens is 310 g/mol. The minimum absolute atomic E-state index is 0.0603. The van der Waals surface area contributed by atoms with Crippen LogP contribution in [0.1, 0.15) is 24.5 Å². The predicted octanol–water partition coefficient (Wildman–Crippen LogP) is 3.32. The van der Waals surface area contributed by atoms with Crippen molar-refractivity contribution in [3.63, 3.8) is 0 Å². The predicted molar refractivity (Wildman–Crippen MR) is 95.2 cm³/mol. The van der Waals surface area contributed by atoms with Gasteiger partial charge in [0.25, 0.3) is 0 Å². The van der Waals surface area contributed by atoms with Gasteiger partial charge in [0, 0.05) is 37.0 Å². The maximum Gasteiger partial charge on any atom is 0.230 e. The highest BCUT2D eigenvalue weighted by molar-refractivity contribution is 7.09. The Kier molecular flexibility index (Phi) is 6.55. The van der Waals surface area contributed by atoms with E-state index in [-0.39, 0.29) is 12.3 Å². The Bertz CT molecular complexity index is 621. The quantitative estimate of drug-likeness (QED) is 0.805. The summed E-state index contributed by atoms with van der Waals surface area (Å²) >= 11 is 1.51. The largest absolute Gasteiger partial charge is 0.378 e. The van der Waals surface area contributed by atoms with Gasteiger partial charge in [0.2, 0.25) is 5.91 Å². The van der Waals surface area contributed by atoms with Gasteiger partial charge in [0.1, 0.15) is 5.01 Å². The zero-order chi connectivity index (χ0) is 16.7. The number of hydrogen-bond donors (Lipinski definition) is 1. The van der Waals surface area contributed by atoms with Gasteiger partial charge in [-0.25, -0.2) is 4.98 Å². The van der Waals surface area contributed by atoms with Crippen LogP contribution in [-0.2, 0) is 22.6 Å². The van der Waals surface area contributed by atoms with E-state index in [2.05, 4.69) is 29.0 Å². The fourth-order valence-electron chi connectivity index (χ4n) is 2.33. The van der Waals surface area contributed by atoms with Crippen molar-refractivity contribution in [1.29, 1.82) is 0 Å². The molecule has 0 saturated heterocycles. The third-order valence-electron chi connectivity index (χ3n) is 3.49. The molecule has 0 atom stereocenters. The summed E-state index contributed by atoms with van der Waals surface area (Å²) < 4.78 is 5.03. The molecule has 23 heavy (non-hydrogen) atoms. The molecule has 1 aromatic heterocycles. The third-order valence-corrected chi connectivity index (χ3v) is 4.36. The van der Waals surface area contributed by atoms with Crippen LogP contribution in [0.25, 0.3) is 0 Å². The lowest BCUT2D eigenvalue weighted by Crippen LogP contribution is -2.21. The molecule has 1 heterocycles. The number of anilines is 2. The molecule has 1 amide bonds. The maximum absolute atomic E-state index is 12.1. The molecule has 6 heteroatoms. The van der Waals surface area contributed by atoms with Gasteiger partial charge in [-0.2, -0.15) is 0 Å². The number of nitrogens with one attached hydrogen (secondary N) is 1. The fourth-order valence-corrected chi connectivity index (χ4v) is 3.10. The molecule has 124 valence electrons. The fraction of sp³-hybridized carbons (Fsp3) is 0.412. The van der Waals surface area contributed by atoms with Crippen LogP contribution in [-0.4, -0.2) is 31.1 Å². The molecule has 0 radical (unpaired) electrons. The summed E-state index contributed by atoms with van der Waals surface area (Å²) in [6, 6.07) is 7.93. The zero-order valence-corrected chi connectivity index (χ0v) is 14.7. The van der Waals surface area contributed by atoms with E-state index in [0.29, 0.717) is 6.61 Å². The van der Waals surface area contributed by atoms with Gasteiger partial charge < -0.3 is 15.0 Å². The van der Waals surface area contributed by atoms with Crippen molar-refractivity contribution in [2.45, 2.75) is 26.9 Å². The number of ether oxygens (including phenoxy) is 1. The van der Waals surface area contributed by atoms with Crippen LogP contribution in [0.4, 0.5) is 11.4 Å². The molecule has 0 spiro atoms. The lowest BCUT2D eigenvalue weighted by molar-refractivity contribution is -0.115. The van der Waals surface area contributed by atoms with Crippen LogP contribution in [0.5, 0.6) is 0 Å². The van der Waals surface area contributed by atoms with E-state index < -0.39 is 0 Å². The Morgan fingerprint density at radius 1 is 1.26 bits per heavy atom. The Labute approximate surface area is 141 Å². The van der Waals surface area contributed by atoms with Gasteiger partial charge in [0.05, 0.1) is 18.7 Å². The lowest BCUT2D eigenvalue weighted by Gasteiger charge is -2.21. The Balaban J connectivity index is 1.91. The maximum atomic E-state index is 12.1. The van der Waals surface area contributed by atoms with Crippen molar-refractivity contribution in [2.24, 2.45) is 0 Å². The highest BCUT2D eigenvalue weighted by Crippen LogP contribution is 2.18. The average Bonchev–Trinajstić information content (AvgIpc) is 2.97. The second-order valence-corrected chi connectivity index (χ2v) is 6.05. The van der Waals surface area contributed by atoms with Gasteiger partial charge in [-0.3, -0.25) is 4.79 Å². The van der Waals surface area contributed by atoms with Crippen LogP contribution in [0, 0.1) is 0 Å². The number of amides is 1. The molecule has 0 bridgehead atoms. The van der Waals surface area contributed by atoms with E-state index in [9.17, 15) is 4.79 Å². The molecule has 0 unspecified atom stereocenters. The molecule has 0 aliphatic heterocycles. The van der Waals surface area contributed by atoms with E-state index in [4.69, 9.17) is 4.74 Å². The van der Waals surface area contributed by atoms with Gasteiger partial charge >= 0.3 is 0 Å². The van der Waals surface area contributed by atoms with Crippen molar-refractivity contribution >= 4 is 28.6 Å². The van der Waals surface area contributed by atoms with E-state index in [1.54, 1.807) is 7.11 Å². The van der Waals surface area contributed by atoms with E-state index in [1.165, 1.54) is 11.3 Å². The highest BCUT2D eigenvalue weighted by Gasteiger charge is 2.09.